The zero-order valence-electron chi connectivity index (χ0n) is 40.5. The molecule has 4 heteroatoms. The summed E-state index contributed by atoms with van der Waals surface area (Å²) in [6, 6.07) is 13.7. The van der Waals surface area contributed by atoms with Crippen molar-refractivity contribution in [3.05, 3.63) is 70.3 Å². The number of hydrogen-bond donors (Lipinski definition) is 2. The van der Waals surface area contributed by atoms with Gasteiger partial charge in [0.2, 0.25) is 0 Å². The van der Waals surface area contributed by atoms with E-state index >= 15 is 0 Å². The molecule has 0 saturated heterocycles. The molecule has 0 saturated carbocycles. The van der Waals surface area contributed by atoms with E-state index in [9.17, 15) is 0 Å². The van der Waals surface area contributed by atoms with E-state index in [1.165, 1.54) is 215 Å². The molecule has 2 N–H and O–H groups in total. The molecule has 0 spiro atoms. The normalized spacial score (nSPS) is 13.4. The number of nitrogens with zero attached hydrogens (tertiary/aromatic N) is 2. The van der Waals surface area contributed by atoms with E-state index in [1.54, 1.807) is 0 Å². The van der Waals surface area contributed by atoms with Gasteiger partial charge in [-0.05, 0) is 85.4 Å². The fraction of sp³-hybridized carbons (Fsp3) is 0.655. The van der Waals surface area contributed by atoms with Gasteiger partial charge in [-0.25, -0.2) is 9.97 Å². The van der Waals surface area contributed by atoms with E-state index in [2.05, 4.69) is 98.4 Å². The molecule has 0 amide bonds. The average Bonchev–Trinajstić information content (AvgIpc) is 4.13. The highest BCUT2D eigenvalue weighted by Gasteiger charge is 2.18. The topological polar surface area (TPSA) is 57.4 Å². The molecule has 2 atom stereocenters. The van der Waals surface area contributed by atoms with E-state index in [1.807, 2.05) is 0 Å². The van der Waals surface area contributed by atoms with Crippen LogP contribution in [0.3, 0.4) is 0 Å². The van der Waals surface area contributed by atoms with Crippen LogP contribution in [0.25, 0.3) is 46.4 Å². The Kier molecular flexibility index (Phi) is 23.9. The number of aromatic amines is 2. The Morgan fingerprint density at radius 3 is 1.03 bits per heavy atom. The maximum atomic E-state index is 5.34. The van der Waals surface area contributed by atoms with Gasteiger partial charge in [0.15, 0.2) is 0 Å². The smallest absolute Gasteiger partial charge is 0.0690 e. The first kappa shape index (κ1) is 49.6. The van der Waals surface area contributed by atoms with Crippen molar-refractivity contribution in [2.75, 3.05) is 0 Å². The molecule has 0 radical (unpaired) electrons. The number of H-pyrrole nitrogens is 2. The molecule has 3 aromatic rings. The van der Waals surface area contributed by atoms with Crippen molar-refractivity contribution < 1.29 is 0 Å². The van der Waals surface area contributed by atoms with Gasteiger partial charge < -0.3 is 9.97 Å². The first-order valence-electron chi connectivity index (χ1n) is 26.7. The molecule has 0 aromatic carbocycles. The molecule has 2 aliphatic heterocycles. The number of rotatable bonds is 34. The predicted molar refractivity (Wildman–Crippen MR) is 274 cm³/mol. The van der Waals surface area contributed by atoms with Crippen LogP contribution in [0.1, 0.15) is 254 Å². The molecule has 4 nitrogen and oxygen atoms in total. The van der Waals surface area contributed by atoms with Crippen LogP contribution in [0.4, 0.5) is 0 Å². The van der Waals surface area contributed by atoms with Gasteiger partial charge >= 0.3 is 0 Å². The standard InChI is InChI=1S/C58H90N4/c1-5-9-13-17-21-25-29-33-47(31-27-23-19-15-11-7-3)43-53-55-39-35-49(59-55)45-51-37-41-57(61-51)54(58-42-38-52(62-58)46-50-36-40-56(53)60-50)44-48(32-28-24-20-16-12-8-4)34-30-26-22-18-14-10-6-2/h35-42,45-48,59,61H,5-34,43-44H2,1-4H3. The summed E-state index contributed by atoms with van der Waals surface area (Å²) in [7, 11) is 0. The van der Waals surface area contributed by atoms with Crippen molar-refractivity contribution in [3.63, 3.8) is 0 Å². The van der Waals surface area contributed by atoms with Crippen molar-refractivity contribution in [3.8, 4) is 0 Å². The van der Waals surface area contributed by atoms with Gasteiger partial charge in [0, 0.05) is 33.2 Å². The van der Waals surface area contributed by atoms with Gasteiger partial charge in [-0.3, -0.25) is 0 Å². The Balaban J connectivity index is 1.43. The lowest BCUT2D eigenvalue weighted by Gasteiger charge is -2.18. The summed E-state index contributed by atoms with van der Waals surface area (Å²) in [5.41, 5.74) is 11.7. The highest BCUT2D eigenvalue weighted by molar-refractivity contribution is 5.80. The minimum absolute atomic E-state index is 0.673. The molecular formula is C58H90N4. The van der Waals surface area contributed by atoms with Gasteiger partial charge in [-0.1, -0.05) is 220 Å². The van der Waals surface area contributed by atoms with Crippen LogP contribution >= 0.6 is 0 Å². The summed E-state index contributed by atoms with van der Waals surface area (Å²) in [4.78, 5) is 18.4. The first-order chi connectivity index (χ1) is 30.6. The van der Waals surface area contributed by atoms with Crippen LogP contribution in [0.15, 0.2) is 36.4 Å². The molecule has 2 unspecified atom stereocenters. The molecule has 5 heterocycles. The predicted octanol–water partition coefficient (Wildman–Crippen LogP) is 18.8. The van der Waals surface area contributed by atoms with Crippen LogP contribution in [0.5, 0.6) is 0 Å². The summed E-state index contributed by atoms with van der Waals surface area (Å²) in [5, 5.41) is 0. The number of aromatic nitrogens is 4. The summed E-state index contributed by atoms with van der Waals surface area (Å²) < 4.78 is 0. The third kappa shape index (κ3) is 18.0. The van der Waals surface area contributed by atoms with Gasteiger partial charge in [0.05, 0.1) is 22.8 Å². The number of nitrogens with one attached hydrogen (secondary N) is 2. The zero-order chi connectivity index (χ0) is 43.5. The van der Waals surface area contributed by atoms with E-state index in [4.69, 9.17) is 9.97 Å². The number of unbranched alkanes of at least 4 members (excludes halogenated alkanes) is 22. The third-order valence-electron chi connectivity index (χ3n) is 14.0. The second kappa shape index (κ2) is 29.9. The lowest BCUT2D eigenvalue weighted by atomic mass is 9.88. The van der Waals surface area contributed by atoms with Crippen LogP contribution in [0.2, 0.25) is 0 Å². The molecule has 2 aliphatic rings. The second-order valence-corrected chi connectivity index (χ2v) is 19.5. The average molecular weight is 843 g/mol. The molecule has 342 valence electrons. The molecule has 3 aromatic heterocycles. The van der Waals surface area contributed by atoms with Crippen molar-refractivity contribution in [2.45, 2.75) is 233 Å². The van der Waals surface area contributed by atoms with Crippen LogP contribution in [0, 0.1) is 11.8 Å². The Hall–Kier alpha value is -3.40. The Bertz CT molecular complexity index is 1760. The molecule has 8 bridgehead atoms. The van der Waals surface area contributed by atoms with Crippen LogP contribution in [-0.4, -0.2) is 19.9 Å². The lowest BCUT2D eigenvalue weighted by molar-refractivity contribution is 0.400. The molecule has 5 rings (SSSR count). The van der Waals surface area contributed by atoms with Crippen molar-refractivity contribution >= 4 is 46.4 Å². The second-order valence-electron chi connectivity index (χ2n) is 19.5. The van der Waals surface area contributed by atoms with E-state index in [-0.39, 0.29) is 0 Å². The fourth-order valence-corrected chi connectivity index (χ4v) is 10.1. The van der Waals surface area contributed by atoms with E-state index < -0.39 is 0 Å². The van der Waals surface area contributed by atoms with Crippen molar-refractivity contribution in [1.82, 2.24) is 19.9 Å². The highest BCUT2D eigenvalue weighted by Crippen LogP contribution is 2.31. The Labute approximate surface area is 380 Å². The molecule has 0 aliphatic carbocycles. The summed E-state index contributed by atoms with van der Waals surface area (Å²) in [6.07, 6.45) is 51.9. The van der Waals surface area contributed by atoms with E-state index in [0.717, 1.165) is 46.7 Å². The third-order valence-corrected chi connectivity index (χ3v) is 14.0. The highest BCUT2D eigenvalue weighted by atomic mass is 14.8. The fourth-order valence-electron chi connectivity index (χ4n) is 10.1. The summed E-state index contributed by atoms with van der Waals surface area (Å²) in [5.74, 6) is 1.35. The lowest BCUT2D eigenvalue weighted by Crippen LogP contribution is -2.07. The minimum Gasteiger partial charge on any atom is -0.355 e. The Morgan fingerprint density at radius 2 is 0.694 bits per heavy atom. The SMILES string of the molecule is CCCCCCCCCC(CCCCCCCC)Cc1c2nc(cc3nc(c(CC(CCCCCCCC)CCCCCCCCC)c4ccc(cc5ccc1[nH]5)[nH]4)C=C3)C=C2. The van der Waals surface area contributed by atoms with Gasteiger partial charge in [-0.2, -0.15) is 0 Å². The molecule has 62 heavy (non-hydrogen) atoms. The van der Waals surface area contributed by atoms with Gasteiger partial charge in [0.1, 0.15) is 0 Å². The van der Waals surface area contributed by atoms with Crippen molar-refractivity contribution in [2.24, 2.45) is 11.8 Å². The molecular weight excluding hydrogens is 753 g/mol. The molecule has 0 fully saturated rings. The summed E-state index contributed by atoms with van der Waals surface area (Å²) in [6.45, 7) is 9.27. The maximum Gasteiger partial charge on any atom is 0.0690 e. The minimum atomic E-state index is 0.673. The van der Waals surface area contributed by atoms with Crippen LogP contribution < -0.4 is 0 Å². The van der Waals surface area contributed by atoms with Gasteiger partial charge in [0.25, 0.3) is 0 Å². The quantitative estimate of drug-likeness (QED) is 0.0405. The largest absolute Gasteiger partial charge is 0.355 e. The Morgan fingerprint density at radius 1 is 0.371 bits per heavy atom. The monoisotopic (exact) mass is 843 g/mol. The number of fused-ring (bicyclic) bond motifs is 8. The maximum absolute atomic E-state index is 5.34. The van der Waals surface area contributed by atoms with Crippen LogP contribution in [-0.2, 0) is 12.8 Å². The summed E-state index contributed by atoms with van der Waals surface area (Å²) >= 11 is 0. The van der Waals surface area contributed by atoms with E-state index in [0.29, 0.717) is 11.8 Å². The zero-order valence-corrected chi connectivity index (χ0v) is 40.5. The van der Waals surface area contributed by atoms with Gasteiger partial charge in [-0.15, -0.1) is 0 Å². The number of hydrogen-bond acceptors (Lipinski definition) is 2. The van der Waals surface area contributed by atoms with Crippen molar-refractivity contribution in [1.29, 1.82) is 0 Å². The first-order valence-corrected chi connectivity index (χ1v) is 26.7.